The van der Waals surface area contributed by atoms with Gasteiger partial charge in [0.1, 0.15) is 0 Å². The molecule has 1 fully saturated rings. The summed E-state index contributed by atoms with van der Waals surface area (Å²) in [6.45, 7) is 0. The van der Waals surface area contributed by atoms with Gasteiger partial charge in [-0.05, 0) is 30.3 Å². The summed E-state index contributed by atoms with van der Waals surface area (Å²) in [7, 11) is 0. The second-order valence-corrected chi connectivity index (χ2v) is 4.15. The molecule has 0 spiro atoms. The Morgan fingerprint density at radius 1 is 1.62 bits per heavy atom. The third kappa shape index (κ3) is 1.98. The molecule has 0 aromatic rings. The van der Waals surface area contributed by atoms with Gasteiger partial charge < -0.3 is 0 Å². The first-order chi connectivity index (χ1) is 3.93. The van der Waals surface area contributed by atoms with Crippen molar-refractivity contribution in [2.75, 3.05) is 16.8 Å². The van der Waals surface area contributed by atoms with Crippen molar-refractivity contribution >= 4 is 27.7 Å². The van der Waals surface area contributed by atoms with Crippen molar-refractivity contribution in [2.24, 2.45) is 5.92 Å². The van der Waals surface area contributed by atoms with E-state index in [4.69, 9.17) is 0 Å². The molecule has 1 saturated heterocycles. The molecular formula is C6H11BrS. The number of halogens is 1. The van der Waals surface area contributed by atoms with Crippen molar-refractivity contribution < 1.29 is 0 Å². The minimum absolute atomic E-state index is 1.03. The highest BCUT2D eigenvalue weighted by Crippen LogP contribution is 2.26. The van der Waals surface area contributed by atoms with Crippen LogP contribution in [0.2, 0.25) is 0 Å². The number of hydrogen-bond donors (Lipinski definition) is 0. The van der Waals surface area contributed by atoms with E-state index in [9.17, 15) is 0 Å². The van der Waals surface area contributed by atoms with Crippen molar-refractivity contribution in [3.63, 3.8) is 0 Å². The molecule has 0 bridgehead atoms. The lowest BCUT2D eigenvalue weighted by Gasteiger charge is -2.01. The average molecular weight is 195 g/mol. The molecule has 0 N–H and O–H groups in total. The maximum absolute atomic E-state index is 3.45. The molecule has 1 atom stereocenters. The normalized spacial score (nSPS) is 28.9. The van der Waals surface area contributed by atoms with Crippen LogP contribution in [-0.4, -0.2) is 16.8 Å². The maximum Gasteiger partial charge on any atom is 0.00342 e. The van der Waals surface area contributed by atoms with E-state index >= 15 is 0 Å². The van der Waals surface area contributed by atoms with Crippen LogP contribution in [0.5, 0.6) is 0 Å². The Balaban J connectivity index is 2.06. The molecule has 8 heavy (non-hydrogen) atoms. The molecule has 1 rings (SSSR count). The van der Waals surface area contributed by atoms with E-state index in [2.05, 4.69) is 27.7 Å². The zero-order chi connectivity index (χ0) is 5.82. The van der Waals surface area contributed by atoms with E-state index in [1.165, 1.54) is 29.7 Å². The monoisotopic (exact) mass is 194 g/mol. The molecule has 2 heteroatoms. The molecule has 0 amide bonds. The van der Waals surface area contributed by atoms with E-state index in [1.54, 1.807) is 0 Å². The Morgan fingerprint density at radius 3 is 3.00 bits per heavy atom. The summed E-state index contributed by atoms with van der Waals surface area (Å²) < 4.78 is 0. The van der Waals surface area contributed by atoms with E-state index in [1.807, 2.05) is 0 Å². The van der Waals surface area contributed by atoms with Crippen molar-refractivity contribution in [2.45, 2.75) is 12.8 Å². The van der Waals surface area contributed by atoms with Crippen LogP contribution in [0.3, 0.4) is 0 Å². The molecule has 1 aliphatic heterocycles. The van der Waals surface area contributed by atoms with Gasteiger partial charge >= 0.3 is 0 Å². The van der Waals surface area contributed by atoms with Gasteiger partial charge in [-0.2, -0.15) is 11.8 Å². The largest absolute Gasteiger partial charge is 0.162 e. The van der Waals surface area contributed by atoms with Gasteiger partial charge in [0, 0.05) is 5.33 Å². The molecule has 0 radical (unpaired) electrons. The zero-order valence-electron chi connectivity index (χ0n) is 4.90. The van der Waals surface area contributed by atoms with Crippen LogP contribution in [0.25, 0.3) is 0 Å². The summed E-state index contributed by atoms with van der Waals surface area (Å²) >= 11 is 5.55. The topological polar surface area (TPSA) is 0 Å². The quantitative estimate of drug-likeness (QED) is 0.610. The van der Waals surface area contributed by atoms with Crippen LogP contribution in [0.15, 0.2) is 0 Å². The third-order valence-electron chi connectivity index (χ3n) is 1.54. The lowest BCUT2D eigenvalue weighted by Crippen LogP contribution is -1.96. The van der Waals surface area contributed by atoms with Gasteiger partial charge in [-0.25, -0.2) is 0 Å². The molecule has 0 aromatic carbocycles. The van der Waals surface area contributed by atoms with Gasteiger partial charge in [-0.3, -0.25) is 0 Å². The van der Waals surface area contributed by atoms with Gasteiger partial charge in [-0.15, -0.1) is 0 Å². The molecule has 0 nitrogen and oxygen atoms in total. The minimum atomic E-state index is 1.03. The highest BCUT2D eigenvalue weighted by Gasteiger charge is 2.13. The second kappa shape index (κ2) is 3.78. The van der Waals surface area contributed by atoms with E-state index in [0.717, 1.165) is 5.92 Å². The fraction of sp³-hybridized carbons (Fsp3) is 1.00. The van der Waals surface area contributed by atoms with E-state index < -0.39 is 0 Å². The summed E-state index contributed by atoms with van der Waals surface area (Å²) in [5, 5.41) is 1.19. The predicted octanol–water partition coefficient (Wildman–Crippen LogP) is 2.52. The first-order valence-corrected chi connectivity index (χ1v) is 5.35. The zero-order valence-corrected chi connectivity index (χ0v) is 7.30. The second-order valence-electron chi connectivity index (χ2n) is 2.21. The van der Waals surface area contributed by atoms with Gasteiger partial charge in [-0.1, -0.05) is 15.9 Å². The fourth-order valence-electron chi connectivity index (χ4n) is 0.965. The van der Waals surface area contributed by atoms with Crippen LogP contribution < -0.4 is 0 Å². The summed E-state index contributed by atoms with van der Waals surface area (Å²) in [5.41, 5.74) is 0. The average Bonchev–Trinajstić information content (AvgIpc) is 2.19. The Bertz CT molecular complexity index is 59.5. The first kappa shape index (κ1) is 6.94. The molecule has 0 aliphatic carbocycles. The molecule has 1 unspecified atom stereocenters. The summed E-state index contributed by atoms with van der Waals surface area (Å²) in [6.07, 6.45) is 2.84. The van der Waals surface area contributed by atoms with Gasteiger partial charge in [0.2, 0.25) is 0 Å². The molecule has 1 aliphatic rings. The van der Waals surface area contributed by atoms with Gasteiger partial charge in [0.25, 0.3) is 0 Å². The standard InChI is InChI=1S/C6H11BrS/c7-3-1-6-2-4-8-5-6/h6H,1-5H2. The highest BCUT2D eigenvalue weighted by molar-refractivity contribution is 9.09. The lowest BCUT2D eigenvalue weighted by atomic mass is 10.1. The van der Waals surface area contributed by atoms with Crippen LogP contribution >= 0.6 is 27.7 Å². The minimum Gasteiger partial charge on any atom is -0.162 e. The molecule has 0 aromatic heterocycles. The lowest BCUT2D eigenvalue weighted by molar-refractivity contribution is 0.585. The predicted molar refractivity (Wildman–Crippen MR) is 43.8 cm³/mol. The Morgan fingerprint density at radius 2 is 2.50 bits per heavy atom. The highest BCUT2D eigenvalue weighted by atomic mass is 79.9. The molecule has 48 valence electrons. The first-order valence-electron chi connectivity index (χ1n) is 3.07. The van der Waals surface area contributed by atoms with Crippen LogP contribution in [0.4, 0.5) is 0 Å². The van der Waals surface area contributed by atoms with Crippen LogP contribution in [-0.2, 0) is 0 Å². The van der Waals surface area contributed by atoms with E-state index in [-0.39, 0.29) is 0 Å². The fourth-order valence-corrected chi connectivity index (χ4v) is 2.95. The Kier molecular flexibility index (Phi) is 3.28. The number of thioether (sulfide) groups is 1. The summed E-state index contributed by atoms with van der Waals surface area (Å²) in [4.78, 5) is 0. The third-order valence-corrected chi connectivity index (χ3v) is 3.23. The molecule has 1 heterocycles. The molecule has 0 saturated carbocycles. The summed E-state index contributed by atoms with van der Waals surface area (Å²) in [5.74, 6) is 3.84. The van der Waals surface area contributed by atoms with E-state index in [0.29, 0.717) is 0 Å². The van der Waals surface area contributed by atoms with Crippen molar-refractivity contribution in [3.8, 4) is 0 Å². The van der Waals surface area contributed by atoms with Gasteiger partial charge in [0.15, 0.2) is 0 Å². The molecular weight excluding hydrogens is 184 g/mol. The SMILES string of the molecule is BrCCC1CCSC1. The smallest absolute Gasteiger partial charge is 0.00342 e. The Labute approximate surface area is 63.5 Å². The number of rotatable bonds is 2. The Hall–Kier alpha value is 0.830. The number of alkyl halides is 1. The maximum atomic E-state index is 3.45. The van der Waals surface area contributed by atoms with Crippen LogP contribution in [0.1, 0.15) is 12.8 Å². The number of hydrogen-bond acceptors (Lipinski definition) is 1. The van der Waals surface area contributed by atoms with Crippen molar-refractivity contribution in [3.05, 3.63) is 0 Å². The summed E-state index contributed by atoms with van der Waals surface area (Å²) in [6, 6.07) is 0. The van der Waals surface area contributed by atoms with Gasteiger partial charge in [0.05, 0.1) is 0 Å². The van der Waals surface area contributed by atoms with Crippen LogP contribution in [0, 0.1) is 5.92 Å². The van der Waals surface area contributed by atoms with Crippen molar-refractivity contribution in [1.29, 1.82) is 0 Å². The van der Waals surface area contributed by atoms with Crippen molar-refractivity contribution in [1.82, 2.24) is 0 Å².